The van der Waals surface area contributed by atoms with Crippen LogP contribution in [0.2, 0.25) is 0 Å². The minimum Gasteiger partial charge on any atom is -0.278 e. The molecular weight excluding hydrogens is 579 g/mol. The van der Waals surface area contributed by atoms with E-state index in [9.17, 15) is 0 Å². The number of hydrogen-bond donors (Lipinski definition) is 0. The second-order valence-electron chi connectivity index (χ2n) is 11.8. The van der Waals surface area contributed by atoms with Crippen LogP contribution in [0.4, 0.5) is 0 Å². The van der Waals surface area contributed by atoms with Crippen LogP contribution >= 0.6 is 11.3 Å². The Kier molecular flexibility index (Phi) is 5.45. The van der Waals surface area contributed by atoms with Gasteiger partial charge in [-0.2, -0.15) is 0 Å². The van der Waals surface area contributed by atoms with E-state index < -0.39 is 0 Å². The van der Waals surface area contributed by atoms with E-state index in [1.54, 1.807) is 0 Å². The van der Waals surface area contributed by atoms with Crippen LogP contribution in [0.1, 0.15) is 0 Å². The van der Waals surface area contributed by atoms with E-state index in [0.29, 0.717) is 5.95 Å². The minimum absolute atomic E-state index is 0.674. The zero-order valence-electron chi connectivity index (χ0n) is 24.7. The predicted octanol–water partition coefficient (Wildman–Crippen LogP) is 11.6. The first kappa shape index (κ1) is 25.5. The highest BCUT2D eigenvalue weighted by Crippen LogP contribution is 2.42. The third-order valence-electron chi connectivity index (χ3n) is 9.19. The maximum absolute atomic E-state index is 5.52. The highest BCUT2D eigenvalue weighted by atomic mass is 32.1. The maximum Gasteiger partial charge on any atom is 0.235 e. The molecule has 0 unspecified atom stereocenters. The fourth-order valence-electron chi connectivity index (χ4n) is 7.07. The number of thiophene rings is 1. The Hall–Kier alpha value is -5.84. The highest BCUT2D eigenvalue weighted by molar-refractivity contribution is 7.25. The van der Waals surface area contributed by atoms with Gasteiger partial charge in [-0.05, 0) is 64.4 Å². The SMILES string of the molecule is c1ccc(-c2ccc3nc(-n4c5ccccc5c5cc6ccccc6cc54)nc(-c4cccc5sc6ccccc6c45)c3c2)cc1. The van der Waals surface area contributed by atoms with Gasteiger partial charge in [0.2, 0.25) is 5.95 Å². The topological polar surface area (TPSA) is 30.7 Å². The fraction of sp³-hybridized carbons (Fsp3) is 0. The zero-order chi connectivity index (χ0) is 30.2. The summed E-state index contributed by atoms with van der Waals surface area (Å²) in [5.74, 6) is 0.674. The summed E-state index contributed by atoms with van der Waals surface area (Å²) in [5.41, 5.74) is 7.51. The van der Waals surface area contributed by atoms with Gasteiger partial charge in [-0.3, -0.25) is 4.57 Å². The largest absolute Gasteiger partial charge is 0.278 e. The minimum atomic E-state index is 0.674. The average Bonchev–Trinajstić information content (AvgIpc) is 3.66. The molecule has 0 fully saturated rings. The van der Waals surface area contributed by atoms with Gasteiger partial charge in [-0.25, -0.2) is 9.97 Å². The number of aromatic nitrogens is 3. The monoisotopic (exact) mass is 603 g/mol. The molecule has 0 aliphatic rings. The zero-order valence-corrected chi connectivity index (χ0v) is 25.5. The van der Waals surface area contributed by atoms with E-state index in [4.69, 9.17) is 9.97 Å². The summed E-state index contributed by atoms with van der Waals surface area (Å²) < 4.78 is 4.79. The van der Waals surface area contributed by atoms with Gasteiger partial charge >= 0.3 is 0 Å². The Morgan fingerprint density at radius 1 is 0.457 bits per heavy atom. The summed E-state index contributed by atoms with van der Waals surface area (Å²) >= 11 is 1.83. The van der Waals surface area contributed by atoms with E-state index in [2.05, 4.69) is 156 Å². The van der Waals surface area contributed by atoms with Crippen molar-refractivity contribution in [3.63, 3.8) is 0 Å². The Balaban J connectivity index is 1.34. The molecule has 7 aromatic carbocycles. The number of fused-ring (bicyclic) bond motifs is 8. The van der Waals surface area contributed by atoms with E-state index in [-0.39, 0.29) is 0 Å². The molecule has 3 aromatic heterocycles. The standard InChI is InChI=1S/C42H25N3S/c1-2-11-26(12-3-1)29-21-22-35-34(24-29)41(32-17-10-20-39-40(32)31-16-7-9-19-38(31)46-39)44-42(43-35)45-36-18-8-6-15-30(36)33-23-27-13-4-5-14-28(27)25-37(33)45/h1-25H. The van der Waals surface area contributed by atoms with Crippen molar-refractivity contribution in [1.29, 1.82) is 0 Å². The Morgan fingerprint density at radius 2 is 1.20 bits per heavy atom. The molecule has 0 saturated heterocycles. The molecule has 3 heterocycles. The fourth-order valence-corrected chi connectivity index (χ4v) is 8.21. The van der Waals surface area contributed by atoms with Crippen molar-refractivity contribution in [2.75, 3.05) is 0 Å². The van der Waals surface area contributed by atoms with Crippen LogP contribution in [-0.4, -0.2) is 14.5 Å². The number of rotatable bonds is 3. The van der Waals surface area contributed by atoms with Crippen LogP contribution in [0.15, 0.2) is 152 Å². The number of para-hydroxylation sites is 1. The third-order valence-corrected chi connectivity index (χ3v) is 10.3. The lowest BCUT2D eigenvalue weighted by Gasteiger charge is -2.14. The highest BCUT2D eigenvalue weighted by Gasteiger charge is 2.20. The summed E-state index contributed by atoms with van der Waals surface area (Å²) in [4.78, 5) is 10.8. The predicted molar refractivity (Wildman–Crippen MR) is 195 cm³/mol. The molecule has 46 heavy (non-hydrogen) atoms. The molecule has 0 radical (unpaired) electrons. The molecule has 0 amide bonds. The van der Waals surface area contributed by atoms with Crippen LogP contribution < -0.4 is 0 Å². The number of hydrogen-bond acceptors (Lipinski definition) is 3. The smallest absolute Gasteiger partial charge is 0.235 e. The average molecular weight is 604 g/mol. The normalized spacial score (nSPS) is 11.9. The van der Waals surface area contributed by atoms with E-state index in [1.165, 1.54) is 47.3 Å². The molecule has 0 aliphatic carbocycles. The number of nitrogens with zero attached hydrogens (tertiary/aromatic N) is 3. The van der Waals surface area contributed by atoms with Crippen LogP contribution in [0.3, 0.4) is 0 Å². The second-order valence-corrected chi connectivity index (χ2v) is 12.9. The summed E-state index contributed by atoms with van der Waals surface area (Å²) in [6.07, 6.45) is 0. The first-order chi connectivity index (χ1) is 22.8. The first-order valence-corrected chi connectivity index (χ1v) is 16.3. The third kappa shape index (κ3) is 3.77. The van der Waals surface area contributed by atoms with Crippen LogP contribution in [-0.2, 0) is 0 Å². The van der Waals surface area contributed by atoms with Crippen molar-refractivity contribution >= 4 is 75.0 Å². The van der Waals surface area contributed by atoms with E-state index in [1.807, 2.05) is 11.3 Å². The first-order valence-electron chi connectivity index (χ1n) is 15.5. The van der Waals surface area contributed by atoms with E-state index in [0.717, 1.165) is 38.8 Å². The van der Waals surface area contributed by atoms with Gasteiger partial charge < -0.3 is 0 Å². The van der Waals surface area contributed by atoms with Crippen molar-refractivity contribution < 1.29 is 0 Å². The summed E-state index contributed by atoms with van der Waals surface area (Å²) in [7, 11) is 0. The lowest BCUT2D eigenvalue weighted by molar-refractivity contribution is 1.01. The summed E-state index contributed by atoms with van der Waals surface area (Å²) in [5, 5.41) is 8.36. The Morgan fingerprint density at radius 3 is 2.09 bits per heavy atom. The van der Waals surface area contributed by atoms with Gasteiger partial charge in [0, 0.05) is 41.9 Å². The van der Waals surface area contributed by atoms with Gasteiger partial charge in [0.05, 0.1) is 22.2 Å². The molecule has 0 saturated carbocycles. The van der Waals surface area contributed by atoms with Crippen molar-refractivity contribution in [2.24, 2.45) is 0 Å². The van der Waals surface area contributed by atoms with Crippen molar-refractivity contribution in [3.05, 3.63) is 152 Å². The van der Waals surface area contributed by atoms with Crippen molar-refractivity contribution in [2.45, 2.75) is 0 Å². The molecule has 0 bridgehead atoms. The maximum atomic E-state index is 5.52. The molecule has 10 rings (SSSR count). The molecule has 0 N–H and O–H groups in total. The Bertz CT molecular complexity index is 2810. The molecule has 0 aliphatic heterocycles. The summed E-state index contributed by atoms with van der Waals surface area (Å²) in [6, 6.07) is 54.2. The molecule has 10 aromatic rings. The van der Waals surface area contributed by atoms with Crippen molar-refractivity contribution in [3.8, 4) is 28.3 Å². The van der Waals surface area contributed by atoms with E-state index >= 15 is 0 Å². The Labute approximate surface area is 268 Å². The van der Waals surface area contributed by atoms with Gasteiger partial charge in [0.25, 0.3) is 0 Å². The van der Waals surface area contributed by atoms with Crippen molar-refractivity contribution in [1.82, 2.24) is 14.5 Å². The second kappa shape index (κ2) is 9.83. The lowest BCUT2D eigenvalue weighted by atomic mass is 9.98. The van der Waals surface area contributed by atoms with Gasteiger partial charge in [0.15, 0.2) is 0 Å². The molecule has 214 valence electrons. The summed E-state index contributed by atoms with van der Waals surface area (Å²) in [6.45, 7) is 0. The van der Waals surface area contributed by atoms with Gasteiger partial charge in [0.1, 0.15) is 0 Å². The molecule has 0 atom stereocenters. The van der Waals surface area contributed by atoms with Gasteiger partial charge in [-0.1, -0.05) is 109 Å². The molecular formula is C42H25N3S. The van der Waals surface area contributed by atoms with Crippen LogP contribution in [0.25, 0.3) is 92.0 Å². The van der Waals surface area contributed by atoms with Crippen LogP contribution in [0.5, 0.6) is 0 Å². The number of benzene rings is 7. The quantitative estimate of drug-likeness (QED) is 0.201. The van der Waals surface area contributed by atoms with Crippen LogP contribution in [0, 0.1) is 0 Å². The lowest BCUT2D eigenvalue weighted by Crippen LogP contribution is -2.03. The molecule has 4 heteroatoms. The molecule has 3 nitrogen and oxygen atoms in total. The van der Waals surface area contributed by atoms with Gasteiger partial charge in [-0.15, -0.1) is 11.3 Å². The molecule has 0 spiro atoms.